The van der Waals surface area contributed by atoms with Crippen LogP contribution in [0.2, 0.25) is 5.02 Å². The number of anilines is 2. The Kier molecular flexibility index (Phi) is 9.52. The number of nitrogens with zero attached hydrogens (tertiary/aromatic N) is 6. The molecule has 2 aromatic heterocycles. The molecule has 3 aromatic carbocycles. The van der Waals surface area contributed by atoms with Gasteiger partial charge in [0.25, 0.3) is 0 Å². The Balaban J connectivity index is 1.50. The highest BCUT2D eigenvalue weighted by Crippen LogP contribution is 2.48. The topological polar surface area (TPSA) is 96.6 Å². The summed E-state index contributed by atoms with van der Waals surface area (Å²) in [5.41, 5.74) is 3.54. The molecule has 12 heteroatoms. The summed E-state index contributed by atoms with van der Waals surface area (Å²) < 4.78 is 34.4. The molecule has 0 bridgehead atoms. The summed E-state index contributed by atoms with van der Waals surface area (Å²) in [6.45, 7) is 3.18. The molecule has 0 fully saturated rings. The highest BCUT2D eigenvalue weighted by Gasteiger charge is 2.32. The lowest BCUT2D eigenvalue weighted by Gasteiger charge is -2.26. The lowest BCUT2D eigenvalue weighted by atomic mass is 10.0. The first-order chi connectivity index (χ1) is 22.7. The van der Waals surface area contributed by atoms with E-state index in [-0.39, 0.29) is 40.9 Å². The van der Waals surface area contributed by atoms with Crippen LogP contribution in [0.3, 0.4) is 0 Å². The van der Waals surface area contributed by atoms with Crippen molar-refractivity contribution in [2.75, 3.05) is 37.7 Å². The number of hydrogen-bond donors (Lipinski definition) is 0. The standard InChI is InChI=1S/C35H31ClFIN6O3/c1-20-15-26(44(16-21-5-9-24(45-3)10-6-21)17-22-7-11-25(46-4)12-8-22)42-33(31(20)38)27-29(36)34-28-32(30(27)37)40-19-41-35(28)43(2)23(13-14-39)18-47-34/h5-12,15,19,23H,13,16-18H2,1-4H3. The van der Waals surface area contributed by atoms with Gasteiger partial charge in [-0.3, -0.25) is 0 Å². The fraction of sp³-hybridized carbons (Fsp3) is 0.257. The predicted molar refractivity (Wildman–Crippen MR) is 189 cm³/mol. The lowest BCUT2D eigenvalue weighted by molar-refractivity contribution is 0.293. The largest absolute Gasteiger partial charge is 0.497 e. The van der Waals surface area contributed by atoms with Gasteiger partial charge in [0.1, 0.15) is 41.6 Å². The zero-order valence-electron chi connectivity index (χ0n) is 26.2. The van der Waals surface area contributed by atoms with Crippen molar-refractivity contribution in [3.05, 3.63) is 92.0 Å². The Morgan fingerprint density at radius 1 is 1.06 bits per heavy atom. The van der Waals surface area contributed by atoms with Crippen LogP contribution in [0.1, 0.15) is 23.1 Å². The second-order valence-electron chi connectivity index (χ2n) is 11.2. The van der Waals surface area contributed by atoms with Crippen molar-refractivity contribution in [1.82, 2.24) is 15.0 Å². The maximum absolute atomic E-state index is 16.7. The fourth-order valence-electron chi connectivity index (χ4n) is 5.65. The summed E-state index contributed by atoms with van der Waals surface area (Å²) in [6.07, 6.45) is 1.51. The fourth-order valence-corrected chi connectivity index (χ4v) is 6.52. The number of likely N-dealkylation sites (N-methyl/N-ethyl adjacent to an activating group) is 1. The average molecular weight is 765 g/mol. The molecule has 0 saturated heterocycles. The molecular weight excluding hydrogens is 734 g/mol. The summed E-state index contributed by atoms with van der Waals surface area (Å²) in [7, 11) is 5.08. The second kappa shape index (κ2) is 13.8. The van der Waals surface area contributed by atoms with Crippen LogP contribution in [0, 0.1) is 27.6 Å². The highest BCUT2D eigenvalue weighted by atomic mass is 127. The quantitative estimate of drug-likeness (QED) is 0.140. The van der Waals surface area contributed by atoms with E-state index < -0.39 is 5.82 Å². The molecule has 1 unspecified atom stereocenters. The van der Waals surface area contributed by atoms with E-state index in [4.69, 9.17) is 30.8 Å². The number of benzene rings is 3. The number of methoxy groups -OCH3 is 2. The van der Waals surface area contributed by atoms with Crippen LogP contribution in [0.15, 0.2) is 60.9 Å². The van der Waals surface area contributed by atoms with Crippen LogP contribution in [0.25, 0.3) is 22.2 Å². The first kappa shape index (κ1) is 32.5. The van der Waals surface area contributed by atoms with Crippen LogP contribution in [0.5, 0.6) is 17.2 Å². The zero-order valence-corrected chi connectivity index (χ0v) is 29.1. The van der Waals surface area contributed by atoms with Gasteiger partial charge in [-0.05, 0) is 76.5 Å². The molecule has 0 amide bonds. The van der Waals surface area contributed by atoms with Gasteiger partial charge in [-0.15, -0.1) is 0 Å². The number of hydrogen-bond acceptors (Lipinski definition) is 9. The second-order valence-corrected chi connectivity index (χ2v) is 12.7. The van der Waals surface area contributed by atoms with E-state index in [1.54, 1.807) is 21.3 Å². The van der Waals surface area contributed by atoms with Crippen molar-refractivity contribution in [1.29, 1.82) is 5.26 Å². The van der Waals surface area contributed by atoms with Crippen LogP contribution < -0.4 is 24.0 Å². The summed E-state index contributed by atoms with van der Waals surface area (Å²) >= 11 is 9.25. The van der Waals surface area contributed by atoms with Crippen LogP contribution in [0.4, 0.5) is 16.0 Å². The van der Waals surface area contributed by atoms with Crippen molar-refractivity contribution < 1.29 is 18.6 Å². The molecule has 240 valence electrons. The van der Waals surface area contributed by atoms with E-state index >= 15 is 4.39 Å². The predicted octanol–water partition coefficient (Wildman–Crippen LogP) is 7.73. The molecule has 9 nitrogen and oxygen atoms in total. The van der Waals surface area contributed by atoms with Gasteiger partial charge in [0.2, 0.25) is 0 Å². The number of aromatic nitrogens is 3. The van der Waals surface area contributed by atoms with Crippen molar-refractivity contribution in [2.45, 2.75) is 32.5 Å². The first-order valence-corrected chi connectivity index (χ1v) is 16.3. The number of nitriles is 1. The van der Waals surface area contributed by atoms with E-state index in [2.05, 4.69) is 43.5 Å². The normalized spacial score (nSPS) is 13.9. The number of halogens is 3. The van der Waals surface area contributed by atoms with Crippen LogP contribution >= 0.6 is 34.2 Å². The van der Waals surface area contributed by atoms with Gasteiger partial charge in [0.15, 0.2) is 11.6 Å². The molecule has 1 atom stereocenters. The van der Waals surface area contributed by atoms with Crippen LogP contribution in [-0.2, 0) is 13.1 Å². The van der Waals surface area contributed by atoms with E-state index in [0.717, 1.165) is 31.8 Å². The Bertz CT molecular complexity index is 1940. The molecular formula is C35H31ClFIN6O3. The van der Waals surface area contributed by atoms with E-state index in [1.807, 2.05) is 66.4 Å². The number of aryl methyl sites for hydroxylation is 1. The maximum Gasteiger partial charge on any atom is 0.160 e. The van der Waals surface area contributed by atoms with Crippen LogP contribution in [-0.4, -0.2) is 48.9 Å². The SMILES string of the molecule is COc1ccc(CN(Cc2ccc(OC)cc2)c2cc(C)c(I)c(-c3c(Cl)c4c5c(ncnc5c3F)N(C)C(CC#N)CO4)n2)cc1. The molecule has 1 aliphatic rings. The molecule has 0 radical (unpaired) electrons. The van der Waals surface area contributed by atoms with Gasteiger partial charge >= 0.3 is 0 Å². The van der Waals surface area contributed by atoms with Crippen molar-refractivity contribution in [3.8, 4) is 34.6 Å². The highest BCUT2D eigenvalue weighted by molar-refractivity contribution is 14.1. The summed E-state index contributed by atoms with van der Waals surface area (Å²) in [6, 6.07) is 19.6. The molecule has 3 heterocycles. The minimum Gasteiger partial charge on any atom is -0.497 e. The van der Waals surface area contributed by atoms with Crippen molar-refractivity contribution >= 4 is 56.7 Å². The third-order valence-corrected chi connectivity index (χ3v) is 10.0. The molecule has 47 heavy (non-hydrogen) atoms. The van der Waals surface area contributed by atoms with E-state index in [1.165, 1.54) is 6.33 Å². The van der Waals surface area contributed by atoms with Crippen molar-refractivity contribution in [2.24, 2.45) is 0 Å². The van der Waals surface area contributed by atoms with Gasteiger partial charge < -0.3 is 24.0 Å². The Morgan fingerprint density at radius 2 is 1.68 bits per heavy atom. The van der Waals surface area contributed by atoms with Gasteiger partial charge in [0.05, 0.1) is 54.4 Å². The zero-order chi connectivity index (χ0) is 33.2. The van der Waals surface area contributed by atoms with E-state index in [9.17, 15) is 5.26 Å². The van der Waals surface area contributed by atoms with Gasteiger partial charge in [-0.25, -0.2) is 19.3 Å². The third-order valence-electron chi connectivity index (χ3n) is 8.28. The number of ether oxygens (including phenoxy) is 3. The summed E-state index contributed by atoms with van der Waals surface area (Å²) in [5, 5.41) is 9.86. The summed E-state index contributed by atoms with van der Waals surface area (Å²) in [4.78, 5) is 17.8. The van der Waals surface area contributed by atoms with Gasteiger partial charge in [-0.1, -0.05) is 35.9 Å². The Morgan fingerprint density at radius 3 is 2.26 bits per heavy atom. The molecule has 1 aliphatic heterocycles. The summed E-state index contributed by atoms with van der Waals surface area (Å²) in [5.74, 6) is 2.28. The molecule has 5 aromatic rings. The molecule has 0 N–H and O–H groups in total. The maximum atomic E-state index is 16.7. The third kappa shape index (κ3) is 6.32. The Labute approximate surface area is 291 Å². The smallest absolute Gasteiger partial charge is 0.160 e. The number of pyridine rings is 1. The molecule has 0 spiro atoms. The minimum absolute atomic E-state index is 0.0721. The first-order valence-electron chi connectivity index (χ1n) is 14.8. The van der Waals surface area contributed by atoms with Crippen molar-refractivity contribution in [3.63, 3.8) is 0 Å². The monoisotopic (exact) mass is 764 g/mol. The lowest BCUT2D eigenvalue weighted by Crippen LogP contribution is -2.35. The molecule has 0 saturated carbocycles. The van der Waals surface area contributed by atoms with E-state index in [0.29, 0.717) is 35.8 Å². The van der Waals surface area contributed by atoms with Gasteiger partial charge in [-0.2, -0.15) is 5.26 Å². The molecule has 6 rings (SSSR count). The van der Waals surface area contributed by atoms with Gasteiger partial charge in [0, 0.05) is 23.7 Å². The number of rotatable bonds is 9. The minimum atomic E-state index is -0.619. The average Bonchev–Trinajstić information content (AvgIpc) is 3.22. The Hall–Kier alpha value is -4.41. The molecule has 0 aliphatic carbocycles.